The molecular weight excluding hydrogens is 226 g/mol. The summed E-state index contributed by atoms with van der Waals surface area (Å²) in [6, 6.07) is 6.76. The molecular formula is C15H21NO2. The molecule has 1 aromatic rings. The molecule has 1 N–H and O–H groups in total. The maximum absolute atomic E-state index is 10.7. The lowest BCUT2D eigenvalue weighted by atomic mass is 9.94. The summed E-state index contributed by atoms with van der Waals surface area (Å²) in [7, 11) is 0. The molecule has 1 heterocycles. The van der Waals surface area contributed by atoms with Crippen LogP contribution in [0.2, 0.25) is 0 Å². The highest BCUT2D eigenvalue weighted by Gasteiger charge is 2.28. The van der Waals surface area contributed by atoms with Crippen LogP contribution < -0.4 is 4.90 Å². The van der Waals surface area contributed by atoms with Gasteiger partial charge in [-0.25, -0.2) is 0 Å². The monoisotopic (exact) mass is 247 g/mol. The van der Waals surface area contributed by atoms with Crippen molar-refractivity contribution in [3.8, 4) is 0 Å². The van der Waals surface area contributed by atoms with Gasteiger partial charge in [-0.1, -0.05) is 19.1 Å². The fraction of sp³-hybridized carbons (Fsp3) is 0.533. The van der Waals surface area contributed by atoms with Gasteiger partial charge in [-0.2, -0.15) is 0 Å². The smallest absolute Gasteiger partial charge is 0.303 e. The number of benzene rings is 1. The zero-order valence-corrected chi connectivity index (χ0v) is 11.3. The summed E-state index contributed by atoms with van der Waals surface area (Å²) in [5.74, 6) is -0.230. The van der Waals surface area contributed by atoms with Crippen molar-refractivity contribution in [1.82, 2.24) is 0 Å². The van der Waals surface area contributed by atoms with Gasteiger partial charge in [0.25, 0.3) is 0 Å². The van der Waals surface area contributed by atoms with Gasteiger partial charge in [-0.15, -0.1) is 0 Å². The molecule has 1 aliphatic heterocycles. The van der Waals surface area contributed by atoms with E-state index in [0.717, 1.165) is 6.54 Å². The van der Waals surface area contributed by atoms with Gasteiger partial charge in [0.1, 0.15) is 0 Å². The zero-order valence-electron chi connectivity index (χ0n) is 11.3. The number of fused-ring (bicyclic) bond motifs is 1. The highest BCUT2D eigenvalue weighted by atomic mass is 16.4. The quantitative estimate of drug-likeness (QED) is 0.889. The molecule has 1 aromatic carbocycles. The molecule has 18 heavy (non-hydrogen) atoms. The van der Waals surface area contributed by atoms with Gasteiger partial charge < -0.3 is 10.0 Å². The number of aliphatic carboxylic acids is 1. The minimum absolute atomic E-state index is 0.213. The molecule has 0 saturated carbocycles. The molecule has 1 aliphatic rings. The molecule has 0 aliphatic carbocycles. The summed E-state index contributed by atoms with van der Waals surface area (Å²) in [4.78, 5) is 13.1. The second-order valence-corrected chi connectivity index (χ2v) is 5.39. The highest BCUT2D eigenvalue weighted by molar-refractivity contribution is 5.68. The predicted molar refractivity (Wildman–Crippen MR) is 73.3 cm³/mol. The van der Waals surface area contributed by atoms with Crippen LogP contribution in [0.3, 0.4) is 0 Å². The number of hydrogen-bond donors (Lipinski definition) is 1. The summed E-state index contributed by atoms with van der Waals surface area (Å²) in [6.07, 6.45) is 0.847. The number of hydrogen-bond acceptors (Lipinski definition) is 2. The van der Waals surface area contributed by atoms with Crippen molar-refractivity contribution in [2.75, 3.05) is 11.4 Å². The van der Waals surface area contributed by atoms with Crippen molar-refractivity contribution in [2.24, 2.45) is 0 Å². The van der Waals surface area contributed by atoms with Crippen LogP contribution in [0.4, 0.5) is 5.69 Å². The van der Waals surface area contributed by atoms with Crippen LogP contribution in [-0.2, 0) is 11.2 Å². The molecule has 3 nitrogen and oxygen atoms in total. The Morgan fingerprint density at radius 1 is 1.50 bits per heavy atom. The van der Waals surface area contributed by atoms with E-state index in [2.05, 4.69) is 37.8 Å². The molecule has 0 bridgehead atoms. The third-order valence-electron chi connectivity index (χ3n) is 3.68. The van der Waals surface area contributed by atoms with Crippen LogP contribution in [-0.4, -0.2) is 23.7 Å². The summed E-state index contributed by atoms with van der Waals surface area (Å²) in [6.45, 7) is 7.67. The molecule has 0 radical (unpaired) electrons. The first-order valence-corrected chi connectivity index (χ1v) is 6.61. The first-order valence-electron chi connectivity index (χ1n) is 6.61. The van der Waals surface area contributed by atoms with Crippen molar-refractivity contribution in [3.63, 3.8) is 0 Å². The Balaban J connectivity index is 2.32. The molecule has 1 atom stereocenters. The number of carbonyl (C=O) groups is 1. The molecule has 0 amide bonds. The standard InChI is InChI=1S/C15H21NO2/c1-10(2)16-9-11(3)15-12(7-8-14(17)18)5-4-6-13(15)16/h4-6,10-11H,7-9H2,1-3H3,(H,17,18). The molecule has 0 fully saturated rings. The first-order chi connectivity index (χ1) is 8.50. The second-order valence-electron chi connectivity index (χ2n) is 5.39. The molecule has 0 saturated heterocycles. The number of anilines is 1. The Morgan fingerprint density at radius 2 is 2.22 bits per heavy atom. The minimum atomic E-state index is -0.723. The fourth-order valence-electron chi connectivity index (χ4n) is 2.85. The van der Waals surface area contributed by atoms with Gasteiger partial charge >= 0.3 is 5.97 Å². The van der Waals surface area contributed by atoms with Gasteiger partial charge in [-0.3, -0.25) is 4.79 Å². The highest BCUT2D eigenvalue weighted by Crippen LogP contribution is 2.39. The van der Waals surface area contributed by atoms with Gasteiger partial charge in [0.15, 0.2) is 0 Å². The Labute approximate surface area is 108 Å². The van der Waals surface area contributed by atoms with E-state index < -0.39 is 5.97 Å². The van der Waals surface area contributed by atoms with Crippen molar-refractivity contribution in [2.45, 2.75) is 45.6 Å². The third kappa shape index (κ3) is 2.35. The maximum Gasteiger partial charge on any atom is 0.303 e. The lowest BCUT2D eigenvalue weighted by Gasteiger charge is -2.24. The maximum atomic E-state index is 10.7. The summed E-state index contributed by atoms with van der Waals surface area (Å²) >= 11 is 0. The van der Waals surface area contributed by atoms with Gasteiger partial charge in [0, 0.05) is 30.6 Å². The van der Waals surface area contributed by atoms with E-state index in [4.69, 9.17) is 5.11 Å². The molecule has 98 valence electrons. The molecule has 1 unspecified atom stereocenters. The molecule has 2 rings (SSSR count). The number of carboxylic acids is 1. The fourth-order valence-corrected chi connectivity index (χ4v) is 2.85. The lowest BCUT2D eigenvalue weighted by Crippen LogP contribution is -2.28. The van der Waals surface area contributed by atoms with E-state index in [1.54, 1.807) is 0 Å². The minimum Gasteiger partial charge on any atom is -0.481 e. The zero-order chi connectivity index (χ0) is 13.3. The van der Waals surface area contributed by atoms with E-state index in [-0.39, 0.29) is 6.42 Å². The molecule has 3 heteroatoms. The van der Waals surface area contributed by atoms with Crippen LogP contribution >= 0.6 is 0 Å². The Kier molecular flexibility index (Phi) is 3.60. The van der Waals surface area contributed by atoms with E-state index in [9.17, 15) is 4.79 Å². The topological polar surface area (TPSA) is 40.5 Å². The largest absolute Gasteiger partial charge is 0.481 e. The number of aryl methyl sites for hydroxylation is 1. The van der Waals surface area contributed by atoms with Crippen LogP contribution in [0.1, 0.15) is 44.2 Å². The van der Waals surface area contributed by atoms with Crippen LogP contribution in [0.25, 0.3) is 0 Å². The number of nitrogens with zero attached hydrogens (tertiary/aromatic N) is 1. The molecule has 0 aromatic heterocycles. The van der Waals surface area contributed by atoms with E-state index in [1.165, 1.54) is 16.8 Å². The van der Waals surface area contributed by atoms with Crippen molar-refractivity contribution in [1.29, 1.82) is 0 Å². The Bertz CT molecular complexity index is 454. The SMILES string of the molecule is CC1CN(C(C)C)c2cccc(CCC(=O)O)c21. The van der Waals surface area contributed by atoms with Crippen molar-refractivity contribution >= 4 is 11.7 Å². The normalized spacial score (nSPS) is 18.2. The van der Waals surface area contributed by atoms with Gasteiger partial charge in [0.05, 0.1) is 0 Å². The second kappa shape index (κ2) is 5.01. The van der Waals surface area contributed by atoms with Crippen LogP contribution in [0, 0.1) is 0 Å². The average molecular weight is 247 g/mol. The van der Waals surface area contributed by atoms with Crippen molar-refractivity contribution < 1.29 is 9.90 Å². The Hall–Kier alpha value is -1.51. The van der Waals surface area contributed by atoms with Crippen LogP contribution in [0.5, 0.6) is 0 Å². The lowest BCUT2D eigenvalue weighted by molar-refractivity contribution is -0.136. The summed E-state index contributed by atoms with van der Waals surface area (Å²) in [5.41, 5.74) is 3.85. The van der Waals surface area contributed by atoms with Crippen molar-refractivity contribution in [3.05, 3.63) is 29.3 Å². The van der Waals surface area contributed by atoms with E-state index in [0.29, 0.717) is 18.4 Å². The average Bonchev–Trinajstić information content (AvgIpc) is 2.65. The summed E-state index contributed by atoms with van der Waals surface area (Å²) < 4.78 is 0. The third-order valence-corrected chi connectivity index (χ3v) is 3.68. The van der Waals surface area contributed by atoms with Gasteiger partial charge in [0.2, 0.25) is 0 Å². The number of carboxylic acid groups (broad SMARTS) is 1. The van der Waals surface area contributed by atoms with E-state index in [1.807, 2.05) is 6.07 Å². The molecule has 0 spiro atoms. The number of rotatable bonds is 4. The predicted octanol–water partition coefficient (Wildman–Crippen LogP) is 3.04. The van der Waals surface area contributed by atoms with Gasteiger partial charge in [-0.05, 0) is 37.5 Å². The summed E-state index contributed by atoms with van der Waals surface area (Å²) in [5, 5.41) is 8.82. The van der Waals surface area contributed by atoms with Crippen LogP contribution in [0.15, 0.2) is 18.2 Å². The Morgan fingerprint density at radius 3 is 2.83 bits per heavy atom. The van der Waals surface area contributed by atoms with E-state index >= 15 is 0 Å². The first kappa shape index (κ1) is 12.9.